The number of carbonyl (C=O) groups excluding carboxylic acids is 3. The first-order chi connectivity index (χ1) is 12.7. The Morgan fingerprint density at radius 1 is 0.889 bits per heavy atom. The van der Waals surface area contributed by atoms with Crippen molar-refractivity contribution < 1.29 is 27.6 Å². The zero-order chi connectivity index (χ0) is 20.0. The molecule has 0 saturated carbocycles. The predicted octanol–water partition coefficient (Wildman–Crippen LogP) is 2.71. The lowest BCUT2D eigenvalue weighted by atomic mass is 10.1. The SMILES string of the molecule is Cc1ccc(NC(=O)C(=O)NCC(=O)Nc2ccccc2C(F)(F)F)cc1. The van der Waals surface area contributed by atoms with Gasteiger partial charge in [-0.25, -0.2) is 0 Å². The fourth-order valence-corrected chi connectivity index (χ4v) is 2.10. The number of benzene rings is 2. The van der Waals surface area contributed by atoms with E-state index in [1.54, 1.807) is 24.3 Å². The first-order valence-corrected chi connectivity index (χ1v) is 7.79. The lowest BCUT2D eigenvalue weighted by molar-refractivity contribution is -0.137. The van der Waals surface area contributed by atoms with Crippen LogP contribution in [0.15, 0.2) is 48.5 Å². The Balaban J connectivity index is 1.89. The summed E-state index contributed by atoms with van der Waals surface area (Å²) in [5.41, 5.74) is -0.0901. The van der Waals surface area contributed by atoms with Crippen molar-refractivity contribution in [3.8, 4) is 0 Å². The molecule has 9 heteroatoms. The molecule has 0 aromatic heterocycles. The highest BCUT2D eigenvalue weighted by Gasteiger charge is 2.33. The third-order valence-corrected chi connectivity index (χ3v) is 3.43. The second kappa shape index (κ2) is 8.35. The van der Waals surface area contributed by atoms with Gasteiger partial charge < -0.3 is 16.0 Å². The molecule has 0 radical (unpaired) electrons. The summed E-state index contributed by atoms with van der Waals surface area (Å²) in [5.74, 6) is -2.99. The number of hydrogen-bond donors (Lipinski definition) is 3. The molecule has 0 atom stereocenters. The normalized spacial score (nSPS) is 10.8. The maximum absolute atomic E-state index is 12.9. The summed E-state index contributed by atoms with van der Waals surface area (Å²) in [4.78, 5) is 35.3. The molecule has 0 spiro atoms. The molecule has 0 heterocycles. The van der Waals surface area contributed by atoms with Gasteiger partial charge in [0.2, 0.25) is 5.91 Å². The van der Waals surface area contributed by atoms with E-state index < -0.39 is 41.7 Å². The first-order valence-electron chi connectivity index (χ1n) is 7.79. The number of aryl methyl sites for hydroxylation is 1. The average molecular weight is 379 g/mol. The van der Waals surface area contributed by atoms with E-state index in [-0.39, 0.29) is 0 Å². The molecule has 27 heavy (non-hydrogen) atoms. The van der Waals surface area contributed by atoms with Gasteiger partial charge in [-0.05, 0) is 31.2 Å². The van der Waals surface area contributed by atoms with E-state index in [0.717, 1.165) is 17.7 Å². The number of anilines is 2. The highest BCUT2D eigenvalue weighted by molar-refractivity contribution is 6.39. The predicted molar refractivity (Wildman–Crippen MR) is 92.9 cm³/mol. The molecule has 2 rings (SSSR count). The summed E-state index contributed by atoms with van der Waals surface area (Å²) in [7, 11) is 0. The van der Waals surface area contributed by atoms with Gasteiger partial charge in [0.15, 0.2) is 0 Å². The molecule has 0 aliphatic carbocycles. The number of para-hydroxylation sites is 1. The Hall–Kier alpha value is -3.36. The minimum atomic E-state index is -4.64. The Kier molecular flexibility index (Phi) is 6.17. The Bertz CT molecular complexity index is 849. The van der Waals surface area contributed by atoms with Gasteiger partial charge in [-0.1, -0.05) is 29.8 Å². The zero-order valence-electron chi connectivity index (χ0n) is 14.2. The van der Waals surface area contributed by atoms with Gasteiger partial charge in [-0.3, -0.25) is 14.4 Å². The zero-order valence-corrected chi connectivity index (χ0v) is 14.2. The summed E-state index contributed by atoms with van der Waals surface area (Å²) in [6.07, 6.45) is -4.64. The second-order valence-corrected chi connectivity index (χ2v) is 5.59. The fourth-order valence-electron chi connectivity index (χ4n) is 2.10. The van der Waals surface area contributed by atoms with Crippen molar-refractivity contribution in [3.63, 3.8) is 0 Å². The van der Waals surface area contributed by atoms with Crippen molar-refractivity contribution in [1.29, 1.82) is 0 Å². The van der Waals surface area contributed by atoms with Gasteiger partial charge in [-0.15, -0.1) is 0 Å². The van der Waals surface area contributed by atoms with Gasteiger partial charge in [0.1, 0.15) is 0 Å². The molecule has 142 valence electrons. The largest absolute Gasteiger partial charge is 0.418 e. The van der Waals surface area contributed by atoms with Crippen LogP contribution in [-0.2, 0) is 20.6 Å². The molecule has 0 fully saturated rings. The number of alkyl halides is 3. The number of hydrogen-bond acceptors (Lipinski definition) is 3. The lowest BCUT2D eigenvalue weighted by Gasteiger charge is -2.13. The second-order valence-electron chi connectivity index (χ2n) is 5.59. The number of rotatable bonds is 4. The van der Waals surface area contributed by atoms with Crippen LogP contribution in [0.4, 0.5) is 24.5 Å². The van der Waals surface area contributed by atoms with Crippen molar-refractivity contribution in [2.75, 3.05) is 17.2 Å². The van der Waals surface area contributed by atoms with Gasteiger partial charge in [-0.2, -0.15) is 13.2 Å². The number of halogens is 3. The van der Waals surface area contributed by atoms with Gasteiger partial charge in [0, 0.05) is 5.69 Å². The van der Waals surface area contributed by atoms with Crippen LogP contribution in [-0.4, -0.2) is 24.3 Å². The Morgan fingerprint density at radius 2 is 1.52 bits per heavy atom. The van der Waals surface area contributed by atoms with E-state index in [0.29, 0.717) is 5.69 Å². The molecule has 0 aliphatic rings. The molecular weight excluding hydrogens is 363 g/mol. The lowest BCUT2D eigenvalue weighted by Crippen LogP contribution is -2.40. The summed E-state index contributed by atoms with van der Waals surface area (Å²) in [6, 6.07) is 11.1. The van der Waals surface area contributed by atoms with E-state index in [2.05, 4.69) is 10.6 Å². The molecular formula is C18H16F3N3O3. The first kappa shape index (κ1) is 20.0. The van der Waals surface area contributed by atoms with Crippen LogP contribution >= 0.6 is 0 Å². The number of amides is 3. The van der Waals surface area contributed by atoms with Gasteiger partial charge in [0.25, 0.3) is 0 Å². The van der Waals surface area contributed by atoms with Crippen LogP contribution in [0.1, 0.15) is 11.1 Å². The van der Waals surface area contributed by atoms with Crippen LogP contribution < -0.4 is 16.0 Å². The molecule has 0 saturated heterocycles. The number of carbonyl (C=O) groups is 3. The molecule has 3 N–H and O–H groups in total. The molecule has 2 aromatic carbocycles. The fraction of sp³-hybridized carbons (Fsp3) is 0.167. The monoisotopic (exact) mass is 379 g/mol. The molecule has 3 amide bonds. The van der Waals surface area contributed by atoms with Crippen LogP contribution in [0.3, 0.4) is 0 Å². The van der Waals surface area contributed by atoms with Crippen molar-refractivity contribution in [2.45, 2.75) is 13.1 Å². The summed E-state index contributed by atoms with van der Waals surface area (Å²) < 4.78 is 38.6. The summed E-state index contributed by atoms with van der Waals surface area (Å²) >= 11 is 0. The average Bonchev–Trinajstić information content (AvgIpc) is 2.61. The van der Waals surface area contributed by atoms with Crippen LogP contribution in [0, 0.1) is 6.92 Å². The van der Waals surface area contributed by atoms with E-state index in [9.17, 15) is 27.6 Å². The molecule has 0 aliphatic heterocycles. The van der Waals surface area contributed by atoms with Crippen LogP contribution in [0.5, 0.6) is 0 Å². The minimum absolute atomic E-state index is 0.393. The Labute approximate surface area is 152 Å². The third-order valence-electron chi connectivity index (χ3n) is 3.43. The smallest absolute Gasteiger partial charge is 0.339 e. The van der Waals surface area contributed by atoms with E-state index in [4.69, 9.17) is 0 Å². The Morgan fingerprint density at radius 3 is 2.15 bits per heavy atom. The van der Waals surface area contributed by atoms with E-state index >= 15 is 0 Å². The third kappa shape index (κ3) is 5.84. The van der Waals surface area contributed by atoms with E-state index in [1.807, 2.05) is 12.2 Å². The standard InChI is InChI=1S/C18H16F3N3O3/c1-11-6-8-12(9-7-11)23-17(27)16(26)22-10-15(25)24-14-5-3-2-4-13(14)18(19,20)21/h2-9H,10H2,1H3,(H,22,26)(H,23,27)(H,24,25). The highest BCUT2D eigenvalue weighted by atomic mass is 19.4. The molecule has 0 unspecified atom stereocenters. The quantitative estimate of drug-likeness (QED) is 0.714. The topological polar surface area (TPSA) is 87.3 Å². The maximum Gasteiger partial charge on any atom is 0.418 e. The summed E-state index contributed by atoms with van der Waals surface area (Å²) in [6.45, 7) is 1.19. The van der Waals surface area contributed by atoms with Crippen molar-refractivity contribution in [3.05, 3.63) is 59.7 Å². The highest BCUT2D eigenvalue weighted by Crippen LogP contribution is 2.34. The van der Waals surface area contributed by atoms with E-state index in [1.165, 1.54) is 12.1 Å². The maximum atomic E-state index is 12.9. The van der Waals surface area contributed by atoms with Crippen molar-refractivity contribution in [2.24, 2.45) is 0 Å². The molecule has 0 bridgehead atoms. The summed E-state index contributed by atoms with van der Waals surface area (Å²) in [5, 5.41) is 6.45. The van der Waals surface area contributed by atoms with Crippen LogP contribution in [0.25, 0.3) is 0 Å². The molecule has 6 nitrogen and oxygen atoms in total. The van der Waals surface area contributed by atoms with Gasteiger partial charge in [0.05, 0.1) is 17.8 Å². The molecule has 2 aromatic rings. The minimum Gasteiger partial charge on any atom is -0.339 e. The van der Waals surface area contributed by atoms with Crippen LogP contribution in [0.2, 0.25) is 0 Å². The van der Waals surface area contributed by atoms with Crippen molar-refractivity contribution >= 4 is 29.1 Å². The van der Waals surface area contributed by atoms with Gasteiger partial charge >= 0.3 is 18.0 Å². The number of nitrogens with one attached hydrogen (secondary N) is 3. The van der Waals surface area contributed by atoms with Crippen molar-refractivity contribution in [1.82, 2.24) is 5.32 Å².